The van der Waals surface area contributed by atoms with Crippen molar-refractivity contribution in [3.63, 3.8) is 0 Å². The lowest BCUT2D eigenvalue weighted by Crippen LogP contribution is -2.42. The Hall–Kier alpha value is -0.430. The Morgan fingerprint density at radius 1 is 1.71 bits per heavy atom. The van der Waals surface area contributed by atoms with Crippen LogP contribution in [0.4, 0.5) is 0 Å². The van der Waals surface area contributed by atoms with E-state index < -0.39 is 5.97 Å². The summed E-state index contributed by atoms with van der Waals surface area (Å²) in [6, 6.07) is 2.10. The number of rotatable bonds is 4. The third-order valence-electron chi connectivity index (χ3n) is 2.65. The van der Waals surface area contributed by atoms with E-state index in [-0.39, 0.29) is 12.5 Å². The predicted molar refractivity (Wildman–Crippen MR) is 69.3 cm³/mol. The van der Waals surface area contributed by atoms with Crippen molar-refractivity contribution in [2.24, 2.45) is 0 Å². The van der Waals surface area contributed by atoms with Crippen LogP contribution in [-0.2, 0) is 16.1 Å². The highest BCUT2D eigenvalue weighted by Crippen LogP contribution is 2.22. The fourth-order valence-electron chi connectivity index (χ4n) is 1.93. The Balaban J connectivity index is 1.87. The Morgan fingerprint density at radius 2 is 2.53 bits per heavy atom. The van der Waals surface area contributed by atoms with Gasteiger partial charge in [0.15, 0.2) is 0 Å². The molecule has 6 heteroatoms. The van der Waals surface area contributed by atoms with E-state index in [4.69, 9.17) is 9.84 Å². The third-order valence-corrected chi connectivity index (χ3v) is 4.21. The van der Waals surface area contributed by atoms with Crippen molar-refractivity contribution in [1.82, 2.24) is 4.90 Å². The van der Waals surface area contributed by atoms with Gasteiger partial charge in [0, 0.05) is 19.6 Å². The minimum Gasteiger partial charge on any atom is -0.481 e. The number of carbonyl (C=O) groups is 1. The maximum absolute atomic E-state index is 10.6. The summed E-state index contributed by atoms with van der Waals surface area (Å²) in [7, 11) is 0. The third kappa shape index (κ3) is 4.06. The summed E-state index contributed by atoms with van der Waals surface area (Å²) in [6.07, 6.45) is -0.0903. The second-order valence-corrected chi connectivity index (χ2v) is 6.38. The molecule has 17 heavy (non-hydrogen) atoms. The first kappa shape index (κ1) is 13.0. The number of nitrogens with zero attached hydrogens (tertiary/aromatic N) is 1. The molecule has 0 amide bonds. The molecular weight excluding hydrogens is 306 g/mol. The van der Waals surface area contributed by atoms with E-state index >= 15 is 0 Å². The Labute approximate surface area is 112 Å². The summed E-state index contributed by atoms with van der Waals surface area (Å²) < 4.78 is 6.56. The summed E-state index contributed by atoms with van der Waals surface area (Å²) in [4.78, 5) is 12.9. The molecule has 1 aromatic heterocycles. The maximum Gasteiger partial charge on any atom is 0.306 e. The topological polar surface area (TPSA) is 49.8 Å². The number of halogens is 1. The van der Waals surface area contributed by atoms with Crippen LogP contribution in [0.3, 0.4) is 0 Å². The van der Waals surface area contributed by atoms with E-state index in [9.17, 15) is 4.79 Å². The number of thiophene rings is 1. The normalized spacial score (nSPS) is 21.6. The summed E-state index contributed by atoms with van der Waals surface area (Å²) in [6.45, 7) is 3.04. The van der Waals surface area contributed by atoms with Crippen LogP contribution in [0.25, 0.3) is 0 Å². The number of aliphatic carboxylic acids is 1. The lowest BCUT2D eigenvalue weighted by molar-refractivity contribution is -0.142. The minimum absolute atomic E-state index is 0.0871. The summed E-state index contributed by atoms with van der Waals surface area (Å²) in [5, 5.41) is 10.9. The number of ether oxygens (including phenoxy) is 1. The zero-order valence-corrected chi connectivity index (χ0v) is 11.7. The molecule has 1 saturated heterocycles. The fraction of sp³-hybridized carbons (Fsp3) is 0.545. The Kier molecular flexibility index (Phi) is 4.55. The molecule has 0 aliphatic carbocycles. The van der Waals surface area contributed by atoms with Crippen LogP contribution in [0.1, 0.15) is 12.0 Å². The Morgan fingerprint density at radius 3 is 3.18 bits per heavy atom. The van der Waals surface area contributed by atoms with Crippen LogP contribution in [0.5, 0.6) is 0 Å². The van der Waals surface area contributed by atoms with E-state index in [1.807, 2.05) is 0 Å². The van der Waals surface area contributed by atoms with Crippen molar-refractivity contribution in [2.75, 3.05) is 19.7 Å². The molecule has 1 unspecified atom stereocenters. The van der Waals surface area contributed by atoms with Crippen LogP contribution in [0.2, 0.25) is 0 Å². The highest BCUT2D eigenvalue weighted by molar-refractivity contribution is 9.11. The molecule has 1 fully saturated rings. The predicted octanol–water partition coefficient (Wildman–Crippen LogP) is 2.19. The van der Waals surface area contributed by atoms with Gasteiger partial charge in [-0.25, -0.2) is 0 Å². The smallest absolute Gasteiger partial charge is 0.306 e. The van der Waals surface area contributed by atoms with E-state index in [2.05, 4.69) is 32.3 Å². The number of morpholine rings is 1. The standard InChI is InChI=1S/C11H14BrNO3S/c12-10-3-8(7-17-10)5-13-1-2-16-9(6-13)4-11(14)15/h3,7,9H,1-2,4-6H2,(H,14,15). The van der Waals surface area contributed by atoms with Crippen molar-refractivity contribution in [1.29, 1.82) is 0 Å². The second kappa shape index (κ2) is 5.95. The molecular formula is C11H14BrNO3S. The molecule has 0 saturated carbocycles. The van der Waals surface area contributed by atoms with Crippen LogP contribution < -0.4 is 0 Å². The van der Waals surface area contributed by atoms with Gasteiger partial charge in [0.2, 0.25) is 0 Å². The van der Waals surface area contributed by atoms with E-state index in [1.54, 1.807) is 11.3 Å². The second-order valence-electron chi connectivity index (χ2n) is 4.08. The molecule has 1 atom stereocenters. The first-order valence-electron chi connectivity index (χ1n) is 5.42. The van der Waals surface area contributed by atoms with Gasteiger partial charge in [-0.3, -0.25) is 9.69 Å². The largest absolute Gasteiger partial charge is 0.481 e. The molecule has 0 bridgehead atoms. The zero-order chi connectivity index (χ0) is 12.3. The van der Waals surface area contributed by atoms with Gasteiger partial charge in [0.1, 0.15) is 0 Å². The van der Waals surface area contributed by atoms with Crippen molar-refractivity contribution >= 4 is 33.2 Å². The van der Waals surface area contributed by atoms with Gasteiger partial charge in [-0.15, -0.1) is 11.3 Å². The van der Waals surface area contributed by atoms with Crippen LogP contribution in [0, 0.1) is 0 Å². The average Bonchev–Trinajstić information content (AvgIpc) is 2.63. The molecule has 2 rings (SSSR count). The number of hydrogen-bond acceptors (Lipinski definition) is 4. The first-order chi connectivity index (χ1) is 8.13. The van der Waals surface area contributed by atoms with Crippen LogP contribution >= 0.6 is 27.3 Å². The molecule has 1 aliphatic heterocycles. The highest BCUT2D eigenvalue weighted by Gasteiger charge is 2.22. The van der Waals surface area contributed by atoms with Crippen molar-refractivity contribution in [3.8, 4) is 0 Å². The van der Waals surface area contributed by atoms with E-state index in [0.29, 0.717) is 13.2 Å². The zero-order valence-electron chi connectivity index (χ0n) is 9.26. The molecule has 4 nitrogen and oxygen atoms in total. The van der Waals surface area contributed by atoms with Crippen LogP contribution in [0.15, 0.2) is 15.2 Å². The van der Waals surface area contributed by atoms with Gasteiger partial charge >= 0.3 is 5.97 Å². The van der Waals surface area contributed by atoms with Crippen molar-refractivity contribution in [3.05, 3.63) is 20.8 Å². The summed E-state index contributed by atoms with van der Waals surface area (Å²) in [5.41, 5.74) is 1.26. The monoisotopic (exact) mass is 319 g/mol. The molecule has 94 valence electrons. The molecule has 1 aromatic rings. The SMILES string of the molecule is O=C(O)CC1CN(Cc2csc(Br)c2)CCO1. The number of carboxylic acid groups (broad SMARTS) is 1. The van der Waals surface area contributed by atoms with Crippen molar-refractivity contribution < 1.29 is 14.6 Å². The van der Waals surface area contributed by atoms with Gasteiger partial charge in [0.05, 0.1) is 22.9 Å². The van der Waals surface area contributed by atoms with Crippen LogP contribution in [-0.4, -0.2) is 41.8 Å². The molecule has 0 radical (unpaired) electrons. The number of hydrogen-bond donors (Lipinski definition) is 1. The lowest BCUT2D eigenvalue weighted by Gasteiger charge is -2.32. The quantitative estimate of drug-likeness (QED) is 0.924. The molecule has 2 heterocycles. The van der Waals surface area contributed by atoms with Gasteiger partial charge in [-0.05, 0) is 32.9 Å². The molecule has 0 spiro atoms. The summed E-state index contributed by atoms with van der Waals surface area (Å²) in [5.74, 6) is -0.796. The molecule has 1 aliphatic rings. The fourth-order valence-corrected chi connectivity index (χ4v) is 3.13. The summed E-state index contributed by atoms with van der Waals surface area (Å²) >= 11 is 5.11. The lowest BCUT2D eigenvalue weighted by atomic mass is 10.2. The van der Waals surface area contributed by atoms with Crippen molar-refractivity contribution in [2.45, 2.75) is 19.1 Å². The van der Waals surface area contributed by atoms with Gasteiger partial charge in [-0.1, -0.05) is 0 Å². The van der Waals surface area contributed by atoms with Gasteiger partial charge in [0.25, 0.3) is 0 Å². The number of carboxylic acids is 1. The van der Waals surface area contributed by atoms with Gasteiger partial charge in [-0.2, -0.15) is 0 Å². The minimum atomic E-state index is -0.796. The highest BCUT2D eigenvalue weighted by atomic mass is 79.9. The van der Waals surface area contributed by atoms with E-state index in [0.717, 1.165) is 16.9 Å². The molecule has 0 aromatic carbocycles. The maximum atomic E-state index is 10.6. The van der Waals surface area contributed by atoms with Gasteiger partial charge < -0.3 is 9.84 Å². The molecule has 1 N–H and O–H groups in total. The average molecular weight is 320 g/mol. The Bertz CT molecular complexity index is 396. The van der Waals surface area contributed by atoms with E-state index in [1.165, 1.54) is 5.56 Å². The first-order valence-corrected chi connectivity index (χ1v) is 7.09.